The largest absolute Gasteiger partial charge is 0.310 e. The van der Waals surface area contributed by atoms with Crippen LogP contribution in [0.1, 0.15) is 22.3 Å². The first-order chi connectivity index (χ1) is 28.4. The van der Waals surface area contributed by atoms with Gasteiger partial charge in [-0.2, -0.15) is 0 Å². The second-order valence-electron chi connectivity index (χ2n) is 16.1. The average Bonchev–Trinajstić information content (AvgIpc) is 3.24. The standard InChI is InChI=1S/C56H42N2/c1-35-15-23-43(24-16-35)57(44-25-17-36(2)18-26-44)47-33-42-31-39-9-5-6-12-48(39)55-53(42)50(34-47)49-13-7-10-40-32-41-11-8-14-51(54(41)56(55)52(40)49)58(45-27-19-37(3)20-28-45)46-29-21-38(4)22-30-46/h5-34H,1-4H3. The van der Waals surface area contributed by atoms with Crippen LogP contribution in [0.25, 0.3) is 64.6 Å². The third-order valence-electron chi connectivity index (χ3n) is 12.1. The Kier molecular flexibility index (Phi) is 7.78. The minimum absolute atomic E-state index is 1.14. The Balaban J connectivity index is 1.31. The van der Waals surface area contributed by atoms with E-state index in [1.807, 2.05) is 0 Å². The lowest BCUT2D eigenvalue weighted by Gasteiger charge is -2.29. The average molecular weight is 743 g/mol. The molecule has 0 bridgehead atoms. The quantitative estimate of drug-likeness (QED) is 0.124. The number of fused-ring (bicyclic) bond motifs is 6. The highest BCUT2D eigenvalue weighted by Gasteiger charge is 2.24. The summed E-state index contributed by atoms with van der Waals surface area (Å²) in [5.41, 5.74) is 11.8. The van der Waals surface area contributed by atoms with E-state index >= 15 is 0 Å². The summed E-state index contributed by atoms with van der Waals surface area (Å²) in [4.78, 5) is 4.87. The molecule has 0 amide bonds. The number of nitrogens with zero attached hydrogens (tertiary/aromatic N) is 2. The van der Waals surface area contributed by atoms with Crippen molar-refractivity contribution in [2.45, 2.75) is 27.7 Å². The van der Waals surface area contributed by atoms with Gasteiger partial charge in [-0.3, -0.25) is 0 Å². The lowest BCUT2D eigenvalue weighted by Crippen LogP contribution is -2.11. The molecule has 276 valence electrons. The normalized spacial score (nSPS) is 11.8. The highest BCUT2D eigenvalue weighted by atomic mass is 15.1. The van der Waals surface area contributed by atoms with Gasteiger partial charge < -0.3 is 9.80 Å². The first-order valence-corrected chi connectivity index (χ1v) is 20.3. The van der Waals surface area contributed by atoms with E-state index in [9.17, 15) is 0 Å². The van der Waals surface area contributed by atoms with Gasteiger partial charge in [0.1, 0.15) is 0 Å². The molecule has 0 N–H and O–H groups in total. The lowest BCUT2D eigenvalue weighted by atomic mass is 9.84. The highest BCUT2D eigenvalue weighted by molar-refractivity contribution is 6.43. The van der Waals surface area contributed by atoms with Gasteiger partial charge in [0.2, 0.25) is 0 Å². The molecule has 0 spiro atoms. The molecule has 0 heterocycles. The molecule has 11 aromatic rings. The number of hydrogen-bond acceptors (Lipinski definition) is 2. The van der Waals surface area contributed by atoms with E-state index in [0.29, 0.717) is 0 Å². The van der Waals surface area contributed by atoms with Crippen LogP contribution in [-0.4, -0.2) is 0 Å². The number of hydrogen-bond donors (Lipinski definition) is 0. The van der Waals surface area contributed by atoms with E-state index in [2.05, 4.69) is 219 Å². The molecule has 2 nitrogen and oxygen atoms in total. The fourth-order valence-electron chi connectivity index (χ4n) is 9.32. The SMILES string of the molecule is Cc1ccc(N(c2ccc(C)cc2)c2cc3cc4ccccc4c4c3c(c2)c2cccc3cc5cccc(N(c6ccc(C)cc6)c6ccc(C)cc6)c5c4c32)cc1. The molecule has 0 saturated heterocycles. The Morgan fingerprint density at radius 1 is 0.259 bits per heavy atom. The maximum absolute atomic E-state index is 2.45. The fraction of sp³-hybridized carbons (Fsp3) is 0.0714. The molecule has 0 unspecified atom stereocenters. The van der Waals surface area contributed by atoms with Gasteiger partial charge in [-0.25, -0.2) is 0 Å². The van der Waals surface area contributed by atoms with Crippen molar-refractivity contribution in [3.05, 3.63) is 204 Å². The van der Waals surface area contributed by atoms with Gasteiger partial charge in [0.25, 0.3) is 0 Å². The Hall–Kier alpha value is -7.16. The summed E-state index contributed by atoms with van der Waals surface area (Å²) in [6, 6.07) is 68.1. The summed E-state index contributed by atoms with van der Waals surface area (Å²) in [5, 5.41) is 15.2. The molecule has 0 fully saturated rings. The number of aryl methyl sites for hydroxylation is 4. The smallest absolute Gasteiger partial charge is 0.0546 e. The maximum Gasteiger partial charge on any atom is 0.0546 e. The van der Waals surface area contributed by atoms with Gasteiger partial charge in [0.05, 0.1) is 5.69 Å². The molecule has 0 aliphatic carbocycles. The van der Waals surface area contributed by atoms with Crippen LogP contribution in [0.2, 0.25) is 0 Å². The van der Waals surface area contributed by atoms with E-state index in [0.717, 1.165) is 28.4 Å². The molecule has 0 aliphatic heterocycles. The molecule has 11 aromatic carbocycles. The minimum atomic E-state index is 1.14. The molecular weight excluding hydrogens is 701 g/mol. The third kappa shape index (κ3) is 5.40. The van der Waals surface area contributed by atoms with Gasteiger partial charge in [0, 0.05) is 39.2 Å². The second kappa shape index (κ2) is 13.2. The number of benzene rings is 11. The summed E-state index contributed by atoms with van der Waals surface area (Å²) in [6.07, 6.45) is 0. The zero-order valence-electron chi connectivity index (χ0n) is 33.2. The summed E-state index contributed by atoms with van der Waals surface area (Å²) in [5.74, 6) is 0. The van der Waals surface area contributed by atoms with E-state index in [1.54, 1.807) is 0 Å². The van der Waals surface area contributed by atoms with Crippen LogP contribution >= 0.6 is 0 Å². The first kappa shape index (κ1) is 34.1. The van der Waals surface area contributed by atoms with E-state index in [4.69, 9.17) is 0 Å². The molecule has 11 rings (SSSR count). The van der Waals surface area contributed by atoms with Crippen molar-refractivity contribution in [1.29, 1.82) is 0 Å². The van der Waals surface area contributed by atoms with Crippen molar-refractivity contribution < 1.29 is 0 Å². The van der Waals surface area contributed by atoms with Gasteiger partial charge in [-0.1, -0.05) is 125 Å². The van der Waals surface area contributed by atoms with Crippen LogP contribution in [0.15, 0.2) is 182 Å². The van der Waals surface area contributed by atoms with Crippen molar-refractivity contribution in [2.75, 3.05) is 9.80 Å². The summed E-state index contributed by atoms with van der Waals surface area (Å²) >= 11 is 0. The monoisotopic (exact) mass is 742 g/mol. The van der Waals surface area contributed by atoms with E-state index in [1.165, 1.54) is 92.6 Å². The summed E-state index contributed by atoms with van der Waals surface area (Å²) in [7, 11) is 0. The summed E-state index contributed by atoms with van der Waals surface area (Å²) in [6.45, 7) is 8.62. The zero-order valence-corrected chi connectivity index (χ0v) is 33.2. The van der Waals surface area contributed by atoms with Crippen LogP contribution in [0.5, 0.6) is 0 Å². The molecule has 2 heteroatoms. The van der Waals surface area contributed by atoms with E-state index in [-0.39, 0.29) is 0 Å². The summed E-state index contributed by atoms with van der Waals surface area (Å²) < 4.78 is 0. The molecule has 0 saturated carbocycles. The maximum atomic E-state index is 2.45. The van der Waals surface area contributed by atoms with Gasteiger partial charge in [-0.05, 0) is 160 Å². The van der Waals surface area contributed by atoms with Crippen molar-refractivity contribution in [3.63, 3.8) is 0 Å². The Labute approximate surface area is 339 Å². The predicted octanol–water partition coefficient (Wildman–Crippen LogP) is 16.2. The fourth-order valence-corrected chi connectivity index (χ4v) is 9.32. The number of anilines is 6. The number of rotatable bonds is 6. The van der Waals surface area contributed by atoms with Gasteiger partial charge in [0.15, 0.2) is 0 Å². The van der Waals surface area contributed by atoms with E-state index < -0.39 is 0 Å². The molecular formula is C56H42N2. The van der Waals surface area contributed by atoms with Gasteiger partial charge in [-0.15, -0.1) is 0 Å². The van der Waals surface area contributed by atoms with Crippen molar-refractivity contribution >= 4 is 98.8 Å². The van der Waals surface area contributed by atoms with Crippen LogP contribution < -0.4 is 9.80 Å². The van der Waals surface area contributed by atoms with Crippen molar-refractivity contribution in [2.24, 2.45) is 0 Å². The van der Waals surface area contributed by atoms with Crippen molar-refractivity contribution in [3.8, 4) is 0 Å². The Morgan fingerprint density at radius 3 is 1.29 bits per heavy atom. The van der Waals surface area contributed by atoms with Crippen LogP contribution in [-0.2, 0) is 0 Å². The molecule has 58 heavy (non-hydrogen) atoms. The molecule has 0 atom stereocenters. The lowest BCUT2D eigenvalue weighted by molar-refractivity contribution is 1.27. The zero-order chi connectivity index (χ0) is 39.1. The molecule has 0 aromatic heterocycles. The van der Waals surface area contributed by atoms with Crippen molar-refractivity contribution in [1.82, 2.24) is 0 Å². The molecule has 0 aliphatic rings. The van der Waals surface area contributed by atoms with Crippen LogP contribution in [0.4, 0.5) is 34.1 Å². The van der Waals surface area contributed by atoms with Crippen LogP contribution in [0, 0.1) is 27.7 Å². The predicted molar refractivity (Wildman–Crippen MR) is 251 cm³/mol. The Morgan fingerprint density at radius 2 is 0.707 bits per heavy atom. The Bertz CT molecular complexity index is 3250. The molecule has 0 radical (unpaired) electrons. The minimum Gasteiger partial charge on any atom is -0.310 e. The highest BCUT2D eigenvalue weighted by Crippen LogP contribution is 2.51. The van der Waals surface area contributed by atoms with Crippen LogP contribution in [0.3, 0.4) is 0 Å². The second-order valence-corrected chi connectivity index (χ2v) is 16.1. The first-order valence-electron chi connectivity index (χ1n) is 20.3. The topological polar surface area (TPSA) is 6.48 Å². The third-order valence-corrected chi connectivity index (χ3v) is 12.1. The van der Waals surface area contributed by atoms with Gasteiger partial charge >= 0.3 is 0 Å².